The predicted molar refractivity (Wildman–Crippen MR) is 78.4 cm³/mol. The Balaban J connectivity index is 1.88. The Morgan fingerprint density at radius 2 is 1.89 bits per heavy atom. The third-order valence-electron chi connectivity index (χ3n) is 2.38. The van der Waals surface area contributed by atoms with Crippen molar-refractivity contribution in [1.29, 1.82) is 0 Å². The Hall–Kier alpha value is -1.86. The summed E-state index contributed by atoms with van der Waals surface area (Å²) in [4.78, 5) is 17.3. The van der Waals surface area contributed by atoms with Crippen LogP contribution in [0.15, 0.2) is 29.4 Å². The van der Waals surface area contributed by atoms with Gasteiger partial charge in [-0.3, -0.25) is 9.97 Å². The maximum Gasteiger partial charge on any atom is 0.183 e. The molecular formula is C12H11N5S2. The summed E-state index contributed by atoms with van der Waals surface area (Å²) < 4.78 is 0. The SMILES string of the molecule is CCNc1nc(-c2csc(-c3cnccn3)n2)cs1. The molecule has 3 aromatic heterocycles. The Morgan fingerprint density at radius 1 is 1.05 bits per heavy atom. The van der Waals surface area contributed by atoms with Crippen LogP contribution < -0.4 is 5.32 Å². The van der Waals surface area contributed by atoms with E-state index in [-0.39, 0.29) is 0 Å². The summed E-state index contributed by atoms with van der Waals surface area (Å²) in [7, 11) is 0. The number of anilines is 1. The smallest absolute Gasteiger partial charge is 0.183 e. The van der Waals surface area contributed by atoms with Crippen molar-refractivity contribution in [3.8, 4) is 22.1 Å². The molecule has 0 amide bonds. The van der Waals surface area contributed by atoms with Gasteiger partial charge in [0.25, 0.3) is 0 Å². The second-order valence-electron chi connectivity index (χ2n) is 3.70. The first-order valence-corrected chi connectivity index (χ1v) is 7.54. The van der Waals surface area contributed by atoms with Gasteiger partial charge in [0.1, 0.15) is 22.1 Å². The zero-order valence-electron chi connectivity index (χ0n) is 10.2. The van der Waals surface area contributed by atoms with Gasteiger partial charge < -0.3 is 5.32 Å². The van der Waals surface area contributed by atoms with Gasteiger partial charge in [-0.2, -0.15) is 0 Å². The standard InChI is InChI=1S/C12H11N5S2/c1-2-14-12-17-10(7-19-12)9-6-18-11(16-9)8-5-13-3-4-15-8/h3-7H,2H2,1H3,(H,14,17). The summed E-state index contributed by atoms with van der Waals surface area (Å²) in [5.74, 6) is 0. The monoisotopic (exact) mass is 289 g/mol. The van der Waals surface area contributed by atoms with Gasteiger partial charge in [-0.1, -0.05) is 0 Å². The maximum absolute atomic E-state index is 4.56. The average Bonchev–Trinajstić information content (AvgIpc) is 3.08. The van der Waals surface area contributed by atoms with E-state index in [1.54, 1.807) is 41.3 Å². The van der Waals surface area contributed by atoms with Crippen LogP contribution in [0.1, 0.15) is 6.92 Å². The van der Waals surface area contributed by atoms with Gasteiger partial charge in [0, 0.05) is 29.7 Å². The molecule has 5 nitrogen and oxygen atoms in total. The van der Waals surface area contributed by atoms with E-state index < -0.39 is 0 Å². The normalized spacial score (nSPS) is 10.6. The number of nitrogens with one attached hydrogen (secondary N) is 1. The molecule has 7 heteroatoms. The van der Waals surface area contributed by atoms with Crippen molar-refractivity contribution in [1.82, 2.24) is 19.9 Å². The van der Waals surface area contributed by atoms with Crippen molar-refractivity contribution in [3.63, 3.8) is 0 Å². The average molecular weight is 289 g/mol. The maximum atomic E-state index is 4.56. The fraction of sp³-hybridized carbons (Fsp3) is 0.167. The first-order valence-electron chi connectivity index (χ1n) is 5.78. The number of hydrogen-bond donors (Lipinski definition) is 1. The molecule has 96 valence electrons. The van der Waals surface area contributed by atoms with Gasteiger partial charge in [0.15, 0.2) is 5.13 Å². The Labute approximate surface area is 118 Å². The lowest BCUT2D eigenvalue weighted by Crippen LogP contribution is -1.94. The summed E-state index contributed by atoms with van der Waals surface area (Å²) in [6.45, 7) is 2.92. The van der Waals surface area contributed by atoms with Gasteiger partial charge >= 0.3 is 0 Å². The molecule has 0 bridgehead atoms. The second-order valence-corrected chi connectivity index (χ2v) is 5.41. The van der Waals surface area contributed by atoms with Crippen LogP contribution >= 0.6 is 22.7 Å². The molecule has 0 unspecified atom stereocenters. The first-order chi connectivity index (χ1) is 9.36. The fourth-order valence-electron chi connectivity index (χ4n) is 1.54. The van der Waals surface area contributed by atoms with Crippen molar-refractivity contribution >= 4 is 27.8 Å². The number of thiazole rings is 2. The lowest BCUT2D eigenvalue weighted by Gasteiger charge is -1.94. The molecular weight excluding hydrogens is 278 g/mol. The molecule has 0 saturated heterocycles. The molecule has 1 N–H and O–H groups in total. The zero-order valence-corrected chi connectivity index (χ0v) is 11.8. The predicted octanol–water partition coefficient (Wildman–Crippen LogP) is 3.16. The van der Waals surface area contributed by atoms with Crippen molar-refractivity contribution in [2.24, 2.45) is 0 Å². The number of aromatic nitrogens is 4. The van der Waals surface area contributed by atoms with Crippen molar-refractivity contribution in [2.75, 3.05) is 11.9 Å². The lowest BCUT2D eigenvalue weighted by atomic mass is 10.4. The van der Waals surface area contributed by atoms with E-state index in [1.807, 2.05) is 10.8 Å². The summed E-state index contributed by atoms with van der Waals surface area (Å²) in [6, 6.07) is 0. The van der Waals surface area contributed by atoms with Crippen LogP contribution in [0, 0.1) is 0 Å². The Kier molecular flexibility index (Phi) is 3.47. The molecule has 3 rings (SSSR count). The van der Waals surface area contributed by atoms with Crippen molar-refractivity contribution < 1.29 is 0 Å². The number of hydrogen-bond acceptors (Lipinski definition) is 7. The minimum atomic E-state index is 0.792. The topological polar surface area (TPSA) is 63.6 Å². The zero-order chi connectivity index (χ0) is 13.1. The highest BCUT2D eigenvalue weighted by Gasteiger charge is 2.10. The summed E-state index contributed by atoms with van der Waals surface area (Å²) >= 11 is 3.14. The van der Waals surface area contributed by atoms with Crippen molar-refractivity contribution in [2.45, 2.75) is 6.92 Å². The molecule has 19 heavy (non-hydrogen) atoms. The van der Waals surface area contributed by atoms with Crippen LogP contribution in [0.25, 0.3) is 22.1 Å². The summed E-state index contributed by atoms with van der Waals surface area (Å²) in [5, 5.41) is 8.98. The van der Waals surface area contributed by atoms with Crippen LogP contribution in [0.5, 0.6) is 0 Å². The molecule has 3 aromatic rings. The minimum Gasteiger partial charge on any atom is -0.362 e. The quantitative estimate of drug-likeness (QED) is 0.799. The van der Waals surface area contributed by atoms with Crippen LogP contribution in [0.3, 0.4) is 0 Å². The highest BCUT2D eigenvalue weighted by molar-refractivity contribution is 7.14. The Bertz CT molecular complexity index is 662. The molecule has 0 spiro atoms. The van der Waals surface area contributed by atoms with Gasteiger partial charge in [-0.25, -0.2) is 9.97 Å². The van der Waals surface area contributed by atoms with Crippen LogP contribution in [0.2, 0.25) is 0 Å². The van der Waals surface area contributed by atoms with Gasteiger partial charge in [-0.05, 0) is 6.92 Å². The molecule has 0 aliphatic carbocycles. The van der Waals surface area contributed by atoms with Gasteiger partial charge in [0.2, 0.25) is 0 Å². The molecule has 0 radical (unpaired) electrons. The van der Waals surface area contributed by atoms with E-state index in [0.29, 0.717) is 0 Å². The van der Waals surface area contributed by atoms with Gasteiger partial charge in [0.05, 0.1) is 6.20 Å². The molecule has 0 saturated carbocycles. The van der Waals surface area contributed by atoms with E-state index in [9.17, 15) is 0 Å². The molecule has 0 aliphatic rings. The Morgan fingerprint density at radius 3 is 2.68 bits per heavy atom. The summed E-state index contributed by atoms with van der Waals surface area (Å²) in [5.41, 5.74) is 2.57. The van der Waals surface area contributed by atoms with Crippen LogP contribution in [0.4, 0.5) is 5.13 Å². The number of nitrogens with zero attached hydrogens (tertiary/aromatic N) is 4. The van der Waals surface area contributed by atoms with E-state index in [0.717, 1.165) is 33.8 Å². The van der Waals surface area contributed by atoms with Gasteiger partial charge in [-0.15, -0.1) is 22.7 Å². The molecule has 0 atom stereocenters. The molecule has 0 aromatic carbocycles. The van der Waals surface area contributed by atoms with E-state index in [2.05, 4.69) is 32.2 Å². The minimum absolute atomic E-state index is 0.792. The van der Waals surface area contributed by atoms with Crippen molar-refractivity contribution in [3.05, 3.63) is 29.4 Å². The van der Waals surface area contributed by atoms with E-state index in [4.69, 9.17) is 0 Å². The van der Waals surface area contributed by atoms with Crippen LogP contribution in [-0.2, 0) is 0 Å². The highest BCUT2D eigenvalue weighted by Crippen LogP contribution is 2.29. The highest BCUT2D eigenvalue weighted by atomic mass is 32.1. The third kappa shape index (κ3) is 2.61. The largest absolute Gasteiger partial charge is 0.362 e. The molecule has 0 fully saturated rings. The summed E-state index contributed by atoms with van der Waals surface area (Å²) in [6.07, 6.45) is 5.04. The van der Waals surface area contributed by atoms with E-state index in [1.165, 1.54) is 0 Å². The third-order valence-corrected chi connectivity index (χ3v) is 4.05. The first kappa shape index (κ1) is 12.2. The number of rotatable bonds is 4. The molecule has 0 aliphatic heterocycles. The van der Waals surface area contributed by atoms with Crippen LogP contribution in [-0.4, -0.2) is 26.5 Å². The van der Waals surface area contributed by atoms with E-state index >= 15 is 0 Å². The lowest BCUT2D eigenvalue weighted by molar-refractivity contribution is 1.18. The fourth-order valence-corrected chi connectivity index (χ4v) is 3.09. The molecule has 3 heterocycles. The second kappa shape index (κ2) is 5.41.